The molecule has 1 fully saturated rings. The lowest BCUT2D eigenvalue weighted by Gasteiger charge is -2.32. The molecular weight excluding hydrogens is 330 g/mol. The number of amides is 1. The second kappa shape index (κ2) is 7.16. The molecular formula is C19H23N5O2. The van der Waals surface area contributed by atoms with E-state index in [4.69, 9.17) is 5.26 Å². The van der Waals surface area contributed by atoms with Crippen molar-refractivity contribution in [2.24, 2.45) is 7.05 Å². The number of carbonyl (C=O) groups excluding carboxylic acids is 1. The molecule has 0 bridgehead atoms. The molecule has 1 amide bonds. The van der Waals surface area contributed by atoms with Crippen LogP contribution in [0, 0.1) is 11.3 Å². The zero-order valence-corrected chi connectivity index (χ0v) is 15.3. The molecule has 3 rings (SSSR count). The molecule has 26 heavy (non-hydrogen) atoms. The fourth-order valence-corrected chi connectivity index (χ4v) is 3.54. The van der Waals surface area contributed by atoms with E-state index in [2.05, 4.69) is 11.2 Å². The zero-order valence-electron chi connectivity index (χ0n) is 15.3. The molecule has 2 aromatic rings. The van der Waals surface area contributed by atoms with Gasteiger partial charge in [0, 0.05) is 37.7 Å². The first-order valence-corrected chi connectivity index (χ1v) is 8.87. The number of aryl methyl sites for hydroxylation is 1. The second-order valence-electron chi connectivity index (χ2n) is 7.01. The third kappa shape index (κ3) is 3.27. The summed E-state index contributed by atoms with van der Waals surface area (Å²) in [5.74, 6) is 0.695. The summed E-state index contributed by atoms with van der Waals surface area (Å²) in [6.07, 6.45) is 1.75. The van der Waals surface area contributed by atoms with Crippen LogP contribution in [0.25, 0.3) is 0 Å². The molecule has 7 heteroatoms. The number of benzene rings is 1. The average molecular weight is 353 g/mol. The third-order valence-electron chi connectivity index (χ3n) is 4.81. The molecule has 1 aromatic heterocycles. The van der Waals surface area contributed by atoms with E-state index < -0.39 is 0 Å². The fraction of sp³-hybridized carbons (Fsp3) is 0.474. The lowest BCUT2D eigenvalue weighted by Crippen LogP contribution is -2.40. The monoisotopic (exact) mass is 353 g/mol. The number of rotatable bonds is 3. The molecule has 0 radical (unpaired) electrons. The van der Waals surface area contributed by atoms with E-state index in [0.29, 0.717) is 24.2 Å². The van der Waals surface area contributed by atoms with E-state index in [-0.39, 0.29) is 23.6 Å². The van der Waals surface area contributed by atoms with Gasteiger partial charge in [-0.3, -0.25) is 9.36 Å². The molecule has 0 spiro atoms. The topological polar surface area (TPSA) is 83.9 Å². The van der Waals surface area contributed by atoms with Gasteiger partial charge in [0.2, 0.25) is 0 Å². The van der Waals surface area contributed by atoms with Crippen LogP contribution in [0.4, 0.5) is 0 Å². The van der Waals surface area contributed by atoms with E-state index in [1.54, 1.807) is 40.8 Å². The standard InChI is InChI=1S/C19H23N5O2/c1-13(2)24-17(21-22(3)19(24)26)16-8-5-9-23(12-16)18(25)15-7-4-6-14(10-15)11-20/h4,6-7,10,13,16H,5,8-9,12H2,1-3H3. The van der Waals surface area contributed by atoms with E-state index in [1.165, 1.54) is 4.68 Å². The molecule has 1 atom stereocenters. The van der Waals surface area contributed by atoms with Gasteiger partial charge in [-0.25, -0.2) is 9.48 Å². The Morgan fingerprint density at radius 3 is 2.85 bits per heavy atom. The molecule has 1 aliphatic rings. The maximum Gasteiger partial charge on any atom is 0.345 e. The number of aromatic nitrogens is 3. The largest absolute Gasteiger partial charge is 0.345 e. The van der Waals surface area contributed by atoms with E-state index in [0.717, 1.165) is 18.7 Å². The maximum absolute atomic E-state index is 12.9. The molecule has 2 heterocycles. The van der Waals surface area contributed by atoms with Crippen LogP contribution in [0.15, 0.2) is 29.1 Å². The molecule has 1 unspecified atom stereocenters. The van der Waals surface area contributed by atoms with Crippen LogP contribution in [0.3, 0.4) is 0 Å². The van der Waals surface area contributed by atoms with Gasteiger partial charge < -0.3 is 4.90 Å². The summed E-state index contributed by atoms with van der Waals surface area (Å²) in [6, 6.07) is 8.85. The molecule has 1 aromatic carbocycles. The van der Waals surface area contributed by atoms with Crippen molar-refractivity contribution in [3.63, 3.8) is 0 Å². The van der Waals surface area contributed by atoms with Crippen LogP contribution in [-0.2, 0) is 7.05 Å². The summed E-state index contributed by atoms with van der Waals surface area (Å²) in [7, 11) is 1.66. The summed E-state index contributed by atoms with van der Waals surface area (Å²) in [5, 5.41) is 13.5. The molecule has 136 valence electrons. The first-order chi connectivity index (χ1) is 12.4. The number of nitriles is 1. The summed E-state index contributed by atoms with van der Waals surface area (Å²) in [5.41, 5.74) is 0.870. The van der Waals surface area contributed by atoms with Gasteiger partial charge in [-0.15, -0.1) is 0 Å². The Hall–Kier alpha value is -2.88. The predicted molar refractivity (Wildman–Crippen MR) is 96.9 cm³/mol. The normalized spacial score (nSPS) is 17.3. The molecule has 0 aliphatic carbocycles. The van der Waals surface area contributed by atoms with Crippen molar-refractivity contribution in [1.82, 2.24) is 19.2 Å². The highest BCUT2D eigenvalue weighted by atomic mass is 16.2. The summed E-state index contributed by atoms with van der Waals surface area (Å²) in [4.78, 5) is 27.0. The van der Waals surface area contributed by atoms with Gasteiger partial charge in [0.15, 0.2) is 0 Å². The van der Waals surface area contributed by atoms with Crippen molar-refractivity contribution in [3.8, 4) is 6.07 Å². The summed E-state index contributed by atoms with van der Waals surface area (Å²) < 4.78 is 3.08. The zero-order chi connectivity index (χ0) is 18.8. The Kier molecular flexibility index (Phi) is 4.94. The van der Waals surface area contributed by atoms with Crippen LogP contribution in [-0.4, -0.2) is 38.2 Å². The van der Waals surface area contributed by atoms with Gasteiger partial charge in [0.1, 0.15) is 5.82 Å². The maximum atomic E-state index is 12.9. The molecule has 0 saturated carbocycles. The molecule has 1 saturated heterocycles. The van der Waals surface area contributed by atoms with Crippen LogP contribution >= 0.6 is 0 Å². The number of carbonyl (C=O) groups is 1. The Bertz CT molecular complexity index is 919. The quantitative estimate of drug-likeness (QED) is 0.845. The predicted octanol–water partition coefficient (Wildman–Crippen LogP) is 2.05. The van der Waals surface area contributed by atoms with Crippen molar-refractivity contribution < 1.29 is 4.79 Å². The Morgan fingerprint density at radius 2 is 2.15 bits per heavy atom. The van der Waals surface area contributed by atoms with Crippen LogP contribution in [0.5, 0.6) is 0 Å². The Morgan fingerprint density at radius 1 is 1.38 bits per heavy atom. The summed E-state index contributed by atoms with van der Waals surface area (Å²) in [6.45, 7) is 5.13. The van der Waals surface area contributed by atoms with Crippen LogP contribution in [0.1, 0.15) is 60.4 Å². The number of piperidine rings is 1. The first-order valence-electron chi connectivity index (χ1n) is 8.87. The first kappa shape index (κ1) is 17.9. The lowest BCUT2D eigenvalue weighted by molar-refractivity contribution is 0.0702. The highest BCUT2D eigenvalue weighted by molar-refractivity contribution is 5.94. The van der Waals surface area contributed by atoms with Gasteiger partial charge in [-0.05, 0) is 44.9 Å². The number of hydrogen-bond donors (Lipinski definition) is 0. The van der Waals surface area contributed by atoms with Gasteiger partial charge in [0.25, 0.3) is 5.91 Å². The minimum atomic E-state index is -0.125. The van der Waals surface area contributed by atoms with E-state index in [1.807, 2.05) is 13.8 Å². The van der Waals surface area contributed by atoms with Crippen LogP contribution < -0.4 is 5.69 Å². The molecule has 1 aliphatic heterocycles. The molecule has 7 nitrogen and oxygen atoms in total. The third-order valence-corrected chi connectivity index (χ3v) is 4.81. The second-order valence-corrected chi connectivity index (χ2v) is 7.01. The van der Waals surface area contributed by atoms with E-state index in [9.17, 15) is 9.59 Å². The minimum Gasteiger partial charge on any atom is -0.338 e. The lowest BCUT2D eigenvalue weighted by atomic mass is 9.96. The van der Waals surface area contributed by atoms with E-state index >= 15 is 0 Å². The van der Waals surface area contributed by atoms with Gasteiger partial charge in [0.05, 0.1) is 11.6 Å². The van der Waals surface area contributed by atoms with Crippen molar-refractivity contribution in [1.29, 1.82) is 5.26 Å². The van der Waals surface area contributed by atoms with Gasteiger partial charge >= 0.3 is 5.69 Å². The summed E-state index contributed by atoms with van der Waals surface area (Å²) >= 11 is 0. The highest BCUT2D eigenvalue weighted by Gasteiger charge is 2.30. The minimum absolute atomic E-state index is 0.0181. The van der Waals surface area contributed by atoms with Crippen molar-refractivity contribution in [3.05, 3.63) is 51.7 Å². The van der Waals surface area contributed by atoms with Crippen molar-refractivity contribution >= 4 is 5.91 Å². The van der Waals surface area contributed by atoms with Gasteiger partial charge in [-0.2, -0.15) is 10.4 Å². The van der Waals surface area contributed by atoms with Crippen molar-refractivity contribution in [2.45, 2.75) is 38.6 Å². The average Bonchev–Trinajstić information content (AvgIpc) is 2.96. The van der Waals surface area contributed by atoms with Crippen molar-refractivity contribution in [2.75, 3.05) is 13.1 Å². The number of likely N-dealkylation sites (tertiary alicyclic amines) is 1. The van der Waals surface area contributed by atoms with Gasteiger partial charge in [-0.1, -0.05) is 6.07 Å². The smallest absolute Gasteiger partial charge is 0.338 e. The SMILES string of the molecule is CC(C)n1c(C2CCCN(C(=O)c3cccc(C#N)c3)C2)nn(C)c1=O. The number of nitrogens with zero attached hydrogens (tertiary/aromatic N) is 5. The molecule has 0 N–H and O–H groups in total. The number of hydrogen-bond acceptors (Lipinski definition) is 4. The Balaban J connectivity index is 1.86. The Labute approximate surface area is 152 Å². The highest BCUT2D eigenvalue weighted by Crippen LogP contribution is 2.27. The fourth-order valence-electron chi connectivity index (χ4n) is 3.54. The van der Waals surface area contributed by atoms with Crippen LogP contribution in [0.2, 0.25) is 0 Å².